The maximum Gasteiger partial charge on any atom is 0.335 e. The van der Waals surface area contributed by atoms with Crippen LogP contribution in [-0.4, -0.2) is 38.3 Å². The molecule has 138 valence electrons. The van der Waals surface area contributed by atoms with Crippen molar-refractivity contribution in [3.63, 3.8) is 0 Å². The number of carbonyl (C=O) groups excluding carboxylic acids is 1. The van der Waals surface area contributed by atoms with Gasteiger partial charge >= 0.3 is 5.97 Å². The van der Waals surface area contributed by atoms with E-state index in [1.165, 1.54) is 25.3 Å². The van der Waals surface area contributed by atoms with Crippen molar-refractivity contribution in [1.29, 1.82) is 0 Å². The van der Waals surface area contributed by atoms with E-state index in [0.29, 0.717) is 29.4 Å². The number of hydrogen-bond donors (Lipinski definition) is 2. The molecule has 0 atom stereocenters. The molecule has 0 saturated carbocycles. The first-order valence-electron chi connectivity index (χ1n) is 7.90. The van der Waals surface area contributed by atoms with Gasteiger partial charge in [-0.2, -0.15) is 0 Å². The molecule has 7 heteroatoms. The number of carboxylic acid groups (broad SMARTS) is 1. The third-order valence-corrected chi connectivity index (χ3v) is 3.81. The first-order chi connectivity index (χ1) is 12.5. The minimum atomic E-state index is -1.06. The van der Waals surface area contributed by atoms with Crippen LogP contribution < -0.4 is 19.5 Å². The van der Waals surface area contributed by atoms with Crippen molar-refractivity contribution >= 4 is 17.6 Å². The summed E-state index contributed by atoms with van der Waals surface area (Å²) in [5, 5.41) is 11.7. The third-order valence-electron chi connectivity index (χ3n) is 3.81. The molecule has 1 amide bonds. The number of carbonyl (C=O) groups is 2. The average Bonchev–Trinajstić information content (AvgIpc) is 2.66. The average molecular weight is 359 g/mol. The Kier molecular flexibility index (Phi) is 6.43. The van der Waals surface area contributed by atoms with Crippen molar-refractivity contribution in [2.45, 2.75) is 12.8 Å². The predicted octanol–water partition coefficient (Wildman–Crippen LogP) is 2.98. The van der Waals surface area contributed by atoms with Crippen molar-refractivity contribution in [1.82, 2.24) is 0 Å². The fraction of sp³-hybridized carbons (Fsp3) is 0.263. The summed E-state index contributed by atoms with van der Waals surface area (Å²) < 4.78 is 15.6. The van der Waals surface area contributed by atoms with Gasteiger partial charge in [0, 0.05) is 6.42 Å². The molecular weight excluding hydrogens is 338 g/mol. The van der Waals surface area contributed by atoms with E-state index in [-0.39, 0.29) is 17.9 Å². The molecule has 0 aliphatic rings. The highest BCUT2D eigenvalue weighted by atomic mass is 16.5. The molecule has 0 aliphatic heterocycles. The van der Waals surface area contributed by atoms with E-state index in [4.69, 9.17) is 19.3 Å². The molecule has 0 unspecified atom stereocenters. The Balaban J connectivity index is 2.02. The molecule has 0 fully saturated rings. The lowest BCUT2D eigenvalue weighted by atomic mass is 10.1. The largest absolute Gasteiger partial charge is 0.495 e. The molecule has 0 bridgehead atoms. The van der Waals surface area contributed by atoms with Crippen LogP contribution in [0.2, 0.25) is 0 Å². The first-order valence-corrected chi connectivity index (χ1v) is 7.90. The molecule has 2 rings (SSSR count). The van der Waals surface area contributed by atoms with Gasteiger partial charge in [-0.3, -0.25) is 4.79 Å². The molecular formula is C19H21NO6. The van der Waals surface area contributed by atoms with Gasteiger partial charge in [-0.15, -0.1) is 0 Å². The molecule has 26 heavy (non-hydrogen) atoms. The second kappa shape index (κ2) is 8.75. The standard InChI is InChI=1S/C19H21NO6/c1-24-15-8-4-12(10-17(15)26-3)5-9-18(21)20-14-7-6-13(19(22)23)11-16(14)25-2/h4,6-8,10-11H,5,9H2,1-3H3,(H,20,21)(H,22,23). The van der Waals surface area contributed by atoms with Crippen molar-refractivity contribution in [2.24, 2.45) is 0 Å². The number of aromatic carboxylic acids is 1. The van der Waals surface area contributed by atoms with Crippen molar-refractivity contribution < 1.29 is 28.9 Å². The number of rotatable bonds is 8. The molecule has 0 radical (unpaired) electrons. The molecule has 0 aliphatic carbocycles. The SMILES string of the molecule is COc1cc(C(=O)O)ccc1NC(=O)CCc1ccc(OC)c(OC)c1. The zero-order chi connectivity index (χ0) is 19.1. The van der Waals surface area contributed by atoms with Crippen LogP contribution >= 0.6 is 0 Å². The molecule has 7 nitrogen and oxygen atoms in total. The normalized spacial score (nSPS) is 10.1. The van der Waals surface area contributed by atoms with Crippen molar-refractivity contribution in [3.8, 4) is 17.2 Å². The van der Waals surface area contributed by atoms with Crippen LogP contribution in [0, 0.1) is 0 Å². The van der Waals surface area contributed by atoms with Crippen LogP contribution in [-0.2, 0) is 11.2 Å². The summed E-state index contributed by atoms with van der Waals surface area (Å²) in [5.74, 6) is 0.264. The van der Waals surface area contributed by atoms with Crippen LogP contribution in [0.3, 0.4) is 0 Å². The molecule has 0 heterocycles. The third kappa shape index (κ3) is 4.66. The van der Waals surface area contributed by atoms with Crippen LogP contribution in [0.4, 0.5) is 5.69 Å². The molecule has 0 spiro atoms. The lowest BCUT2D eigenvalue weighted by molar-refractivity contribution is -0.116. The Labute approximate surface area is 151 Å². The van der Waals surface area contributed by atoms with Gasteiger partial charge in [-0.05, 0) is 42.3 Å². The van der Waals surface area contributed by atoms with E-state index in [1.54, 1.807) is 20.3 Å². The van der Waals surface area contributed by atoms with E-state index < -0.39 is 5.97 Å². The van der Waals surface area contributed by atoms with Gasteiger partial charge in [0.1, 0.15) is 5.75 Å². The molecule has 2 aromatic carbocycles. The Morgan fingerprint density at radius 1 is 0.923 bits per heavy atom. The van der Waals surface area contributed by atoms with Gasteiger partial charge < -0.3 is 24.6 Å². The number of amides is 1. The fourth-order valence-corrected chi connectivity index (χ4v) is 2.43. The number of benzene rings is 2. The minimum Gasteiger partial charge on any atom is -0.495 e. The summed E-state index contributed by atoms with van der Waals surface area (Å²) in [6, 6.07) is 9.78. The fourth-order valence-electron chi connectivity index (χ4n) is 2.43. The Morgan fingerprint density at radius 2 is 1.62 bits per heavy atom. The van der Waals surface area contributed by atoms with E-state index >= 15 is 0 Å². The quantitative estimate of drug-likeness (QED) is 0.752. The summed E-state index contributed by atoms with van der Waals surface area (Å²) in [6.07, 6.45) is 0.765. The van der Waals surface area contributed by atoms with Gasteiger partial charge in [-0.1, -0.05) is 6.07 Å². The predicted molar refractivity (Wildman–Crippen MR) is 96.5 cm³/mol. The molecule has 0 aromatic heterocycles. The zero-order valence-corrected chi connectivity index (χ0v) is 14.9. The summed E-state index contributed by atoms with van der Waals surface area (Å²) in [6.45, 7) is 0. The number of carboxylic acids is 1. The number of nitrogens with one attached hydrogen (secondary N) is 1. The monoisotopic (exact) mass is 359 g/mol. The van der Waals surface area contributed by atoms with Gasteiger partial charge in [0.25, 0.3) is 0 Å². The van der Waals surface area contributed by atoms with E-state index in [2.05, 4.69) is 5.32 Å². The van der Waals surface area contributed by atoms with Crippen molar-refractivity contribution in [2.75, 3.05) is 26.6 Å². The number of methoxy groups -OCH3 is 3. The van der Waals surface area contributed by atoms with Gasteiger partial charge in [0.05, 0.1) is 32.6 Å². The number of hydrogen-bond acceptors (Lipinski definition) is 5. The highest BCUT2D eigenvalue weighted by Gasteiger charge is 2.12. The second-order valence-corrected chi connectivity index (χ2v) is 5.46. The van der Waals surface area contributed by atoms with Gasteiger partial charge in [0.2, 0.25) is 5.91 Å². The van der Waals surface area contributed by atoms with Crippen LogP contribution in [0.5, 0.6) is 17.2 Å². The summed E-state index contributed by atoms with van der Waals surface area (Å²) >= 11 is 0. The summed E-state index contributed by atoms with van der Waals surface area (Å²) in [7, 11) is 4.54. The van der Waals surface area contributed by atoms with E-state index in [0.717, 1.165) is 5.56 Å². The van der Waals surface area contributed by atoms with E-state index in [1.807, 2.05) is 12.1 Å². The van der Waals surface area contributed by atoms with Crippen LogP contribution in [0.1, 0.15) is 22.3 Å². The van der Waals surface area contributed by atoms with E-state index in [9.17, 15) is 9.59 Å². The number of ether oxygens (including phenoxy) is 3. The van der Waals surface area contributed by atoms with Crippen LogP contribution in [0.25, 0.3) is 0 Å². The second-order valence-electron chi connectivity index (χ2n) is 5.46. The Morgan fingerprint density at radius 3 is 2.23 bits per heavy atom. The Hall–Kier alpha value is -3.22. The van der Waals surface area contributed by atoms with Gasteiger partial charge in [0.15, 0.2) is 11.5 Å². The smallest absolute Gasteiger partial charge is 0.335 e. The zero-order valence-electron chi connectivity index (χ0n) is 14.9. The molecule has 2 aromatic rings. The summed E-state index contributed by atoms with van der Waals surface area (Å²) in [4.78, 5) is 23.2. The highest BCUT2D eigenvalue weighted by molar-refractivity contribution is 5.94. The Bertz CT molecular complexity index is 803. The van der Waals surface area contributed by atoms with Crippen molar-refractivity contribution in [3.05, 3.63) is 47.5 Å². The maximum atomic E-state index is 12.2. The molecule has 0 saturated heterocycles. The highest BCUT2D eigenvalue weighted by Crippen LogP contribution is 2.28. The summed E-state index contributed by atoms with van der Waals surface area (Å²) in [5.41, 5.74) is 1.45. The lowest BCUT2D eigenvalue weighted by Gasteiger charge is -2.12. The van der Waals surface area contributed by atoms with Crippen LogP contribution in [0.15, 0.2) is 36.4 Å². The number of anilines is 1. The maximum absolute atomic E-state index is 12.2. The molecule has 2 N–H and O–H groups in total. The van der Waals surface area contributed by atoms with Gasteiger partial charge in [-0.25, -0.2) is 4.79 Å². The first kappa shape index (κ1) is 19.1. The minimum absolute atomic E-state index is 0.0881. The topological polar surface area (TPSA) is 94.1 Å². The number of aryl methyl sites for hydroxylation is 1. The lowest BCUT2D eigenvalue weighted by Crippen LogP contribution is -2.13.